The smallest absolute Gasteiger partial charge is 0.246 e. The maximum Gasteiger partial charge on any atom is 0.246 e. The average Bonchev–Trinajstić information content (AvgIpc) is 2.66. The molecule has 1 fully saturated rings. The molecule has 1 aliphatic heterocycles. The molecule has 1 unspecified atom stereocenters. The average molecular weight is 357 g/mol. The number of aryl methyl sites for hydroxylation is 1. The van der Waals surface area contributed by atoms with Gasteiger partial charge in [0.15, 0.2) is 0 Å². The van der Waals surface area contributed by atoms with Crippen LogP contribution in [0.2, 0.25) is 0 Å². The molecule has 26 heavy (non-hydrogen) atoms. The Balaban J connectivity index is 1.57. The normalized spacial score (nSPS) is 15.4. The van der Waals surface area contributed by atoms with Crippen molar-refractivity contribution in [3.8, 4) is 0 Å². The van der Waals surface area contributed by atoms with Gasteiger partial charge in [-0.05, 0) is 55.8 Å². The number of amides is 1. The zero-order chi connectivity index (χ0) is 18.5. The number of rotatable bonds is 5. The molecular weight excluding hydrogens is 333 g/mol. The highest BCUT2D eigenvalue weighted by molar-refractivity contribution is 5.96. The van der Waals surface area contributed by atoms with Gasteiger partial charge in [0.1, 0.15) is 11.9 Å². The topological polar surface area (TPSA) is 53.6 Å². The predicted molar refractivity (Wildman–Crippen MR) is 102 cm³/mol. The quantitative estimate of drug-likeness (QED) is 0.861. The van der Waals surface area contributed by atoms with Gasteiger partial charge in [0.25, 0.3) is 0 Å². The van der Waals surface area contributed by atoms with Crippen molar-refractivity contribution in [2.75, 3.05) is 41.8 Å². The lowest BCUT2D eigenvalue weighted by Gasteiger charge is -2.29. The molecule has 3 rings (SSSR count). The summed E-state index contributed by atoms with van der Waals surface area (Å²) < 4.78 is 19.0. The van der Waals surface area contributed by atoms with E-state index in [1.165, 1.54) is 6.07 Å². The molecule has 0 aliphatic carbocycles. The Bertz CT molecular complexity index is 758. The number of carbonyl (C=O) groups is 1. The van der Waals surface area contributed by atoms with Crippen molar-refractivity contribution in [1.82, 2.24) is 0 Å². The van der Waals surface area contributed by atoms with E-state index in [9.17, 15) is 9.18 Å². The first-order valence-electron chi connectivity index (χ1n) is 8.79. The molecule has 0 saturated carbocycles. The van der Waals surface area contributed by atoms with Gasteiger partial charge in [-0.2, -0.15) is 0 Å². The van der Waals surface area contributed by atoms with Crippen molar-refractivity contribution in [1.29, 1.82) is 0 Å². The number of nitrogens with one attached hydrogen (secondary N) is 2. The lowest BCUT2D eigenvalue weighted by atomic mass is 10.2. The molecule has 1 heterocycles. The van der Waals surface area contributed by atoms with Crippen LogP contribution in [0.1, 0.15) is 12.5 Å². The number of anilines is 3. The highest BCUT2D eigenvalue weighted by Gasteiger charge is 2.14. The van der Waals surface area contributed by atoms with Crippen LogP contribution in [-0.4, -0.2) is 38.3 Å². The van der Waals surface area contributed by atoms with E-state index in [4.69, 9.17) is 4.74 Å². The van der Waals surface area contributed by atoms with Crippen molar-refractivity contribution in [2.24, 2.45) is 0 Å². The summed E-state index contributed by atoms with van der Waals surface area (Å²) in [5.41, 5.74) is 3.01. The van der Waals surface area contributed by atoms with Gasteiger partial charge in [0.2, 0.25) is 5.91 Å². The Labute approximate surface area is 153 Å². The standard InChI is InChI=1S/C20H24FN3O2/c1-14-3-4-17(13-19(14)21)22-15(2)20(25)23-16-5-7-18(8-6-16)24-9-11-26-12-10-24/h3-8,13,15,22H,9-12H2,1-2H3,(H,23,25). The first kappa shape index (κ1) is 18.2. The number of halogens is 1. The summed E-state index contributed by atoms with van der Waals surface area (Å²) in [7, 11) is 0. The Morgan fingerprint density at radius 2 is 1.77 bits per heavy atom. The van der Waals surface area contributed by atoms with Crippen molar-refractivity contribution < 1.29 is 13.9 Å². The van der Waals surface area contributed by atoms with Gasteiger partial charge in [0.05, 0.1) is 13.2 Å². The predicted octanol–water partition coefficient (Wildman–Crippen LogP) is 3.41. The summed E-state index contributed by atoms with van der Waals surface area (Å²) in [6.45, 7) is 6.67. The second kappa shape index (κ2) is 8.19. The van der Waals surface area contributed by atoms with Gasteiger partial charge < -0.3 is 20.3 Å². The van der Waals surface area contributed by atoms with Crippen LogP contribution in [0.5, 0.6) is 0 Å². The Hall–Kier alpha value is -2.60. The summed E-state index contributed by atoms with van der Waals surface area (Å²) in [5, 5.41) is 5.90. The number of carbonyl (C=O) groups excluding carboxylic acids is 1. The van der Waals surface area contributed by atoms with Crippen LogP contribution < -0.4 is 15.5 Å². The van der Waals surface area contributed by atoms with Gasteiger partial charge in [-0.25, -0.2) is 4.39 Å². The molecule has 1 saturated heterocycles. The van der Waals surface area contributed by atoms with Crippen molar-refractivity contribution in [3.63, 3.8) is 0 Å². The molecule has 138 valence electrons. The third kappa shape index (κ3) is 4.52. The van der Waals surface area contributed by atoms with E-state index >= 15 is 0 Å². The van der Waals surface area contributed by atoms with Gasteiger partial charge in [-0.1, -0.05) is 6.07 Å². The van der Waals surface area contributed by atoms with Crippen LogP contribution in [0, 0.1) is 12.7 Å². The summed E-state index contributed by atoms with van der Waals surface area (Å²) in [6.07, 6.45) is 0. The summed E-state index contributed by atoms with van der Waals surface area (Å²) in [4.78, 5) is 14.6. The van der Waals surface area contributed by atoms with Gasteiger partial charge in [-0.15, -0.1) is 0 Å². The van der Waals surface area contributed by atoms with E-state index in [1.54, 1.807) is 26.0 Å². The fourth-order valence-electron chi connectivity index (χ4n) is 2.83. The summed E-state index contributed by atoms with van der Waals surface area (Å²) >= 11 is 0. The number of ether oxygens (including phenoxy) is 1. The van der Waals surface area contributed by atoms with Gasteiger partial charge in [0, 0.05) is 30.2 Å². The Morgan fingerprint density at radius 3 is 2.42 bits per heavy atom. The number of morpholine rings is 1. The molecule has 6 heteroatoms. The minimum absolute atomic E-state index is 0.176. The molecule has 5 nitrogen and oxygen atoms in total. The zero-order valence-corrected chi connectivity index (χ0v) is 15.1. The fourth-order valence-corrected chi connectivity index (χ4v) is 2.83. The molecular formula is C20H24FN3O2. The summed E-state index contributed by atoms with van der Waals surface area (Å²) in [6, 6.07) is 12.1. The second-order valence-corrected chi connectivity index (χ2v) is 6.47. The molecule has 2 aromatic rings. The number of benzene rings is 2. The molecule has 2 N–H and O–H groups in total. The van der Waals surface area contributed by atoms with E-state index < -0.39 is 6.04 Å². The third-order valence-corrected chi connectivity index (χ3v) is 4.46. The SMILES string of the molecule is Cc1ccc(NC(C)C(=O)Nc2ccc(N3CCOCC3)cc2)cc1F. The molecule has 0 bridgehead atoms. The molecule has 1 amide bonds. The van der Waals surface area contributed by atoms with E-state index in [0.717, 1.165) is 37.7 Å². The lowest BCUT2D eigenvalue weighted by molar-refractivity contribution is -0.116. The highest BCUT2D eigenvalue weighted by Crippen LogP contribution is 2.20. The van der Waals surface area contributed by atoms with Crippen LogP contribution in [0.25, 0.3) is 0 Å². The second-order valence-electron chi connectivity index (χ2n) is 6.47. The van der Waals surface area contributed by atoms with Gasteiger partial charge >= 0.3 is 0 Å². The van der Waals surface area contributed by atoms with Gasteiger partial charge in [-0.3, -0.25) is 4.79 Å². The molecule has 0 radical (unpaired) electrons. The minimum Gasteiger partial charge on any atom is -0.378 e. The van der Waals surface area contributed by atoms with Crippen LogP contribution in [-0.2, 0) is 9.53 Å². The van der Waals surface area contributed by atoms with E-state index in [0.29, 0.717) is 11.3 Å². The Kier molecular flexibility index (Phi) is 5.73. The molecule has 1 atom stereocenters. The van der Waals surface area contributed by atoms with Crippen LogP contribution in [0.4, 0.5) is 21.5 Å². The fraction of sp³-hybridized carbons (Fsp3) is 0.350. The largest absolute Gasteiger partial charge is 0.378 e. The Morgan fingerprint density at radius 1 is 1.12 bits per heavy atom. The zero-order valence-electron chi connectivity index (χ0n) is 15.1. The van der Waals surface area contributed by atoms with Crippen molar-refractivity contribution in [2.45, 2.75) is 19.9 Å². The molecule has 1 aliphatic rings. The number of nitrogens with zero attached hydrogens (tertiary/aromatic N) is 1. The van der Waals surface area contributed by atoms with E-state index in [1.807, 2.05) is 24.3 Å². The summed E-state index contributed by atoms with van der Waals surface area (Å²) in [5.74, 6) is -0.466. The molecule has 0 aromatic heterocycles. The van der Waals surface area contributed by atoms with E-state index in [2.05, 4.69) is 15.5 Å². The lowest BCUT2D eigenvalue weighted by Crippen LogP contribution is -2.36. The number of hydrogen-bond donors (Lipinski definition) is 2. The van der Waals surface area contributed by atoms with Crippen LogP contribution in [0.3, 0.4) is 0 Å². The maximum absolute atomic E-state index is 13.6. The highest BCUT2D eigenvalue weighted by atomic mass is 19.1. The number of hydrogen-bond acceptors (Lipinski definition) is 4. The first-order chi connectivity index (χ1) is 12.5. The van der Waals surface area contributed by atoms with E-state index in [-0.39, 0.29) is 11.7 Å². The maximum atomic E-state index is 13.6. The van der Waals surface area contributed by atoms with Crippen LogP contribution >= 0.6 is 0 Å². The first-order valence-corrected chi connectivity index (χ1v) is 8.79. The minimum atomic E-state index is -0.490. The van der Waals surface area contributed by atoms with Crippen molar-refractivity contribution >= 4 is 23.0 Å². The van der Waals surface area contributed by atoms with Crippen LogP contribution in [0.15, 0.2) is 42.5 Å². The van der Waals surface area contributed by atoms with Crippen molar-refractivity contribution in [3.05, 3.63) is 53.8 Å². The monoisotopic (exact) mass is 357 g/mol. The molecule has 2 aromatic carbocycles. The molecule has 0 spiro atoms. The third-order valence-electron chi connectivity index (χ3n) is 4.46.